The van der Waals surface area contributed by atoms with Crippen molar-refractivity contribution in [1.82, 2.24) is 10.3 Å². The zero-order valence-corrected chi connectivity index (χ0v) is 14.0. The normalized spacial score (nSPS) is 11.9. The van der Waals surface area contributed by atoms with Crippen molar-refractivity contribution in [1.29, 1.82) is 0 Å². The second-order valence-corrected chi connectivity index (χ2v) is 6.12. The summed E-state index contributed by atoms with van der Waals surface area (Å²) in [7, 11) is 0. The van der Waals surface area contributed by atoms with E-state index in [-0.39, 0.29) is 0 Å². The average Bonchev–Trinajstić information content (AvgIpc) is 2.52. The number of pyridine rings is 1. The number of halogens is 1. The zero-order valence-electron chi connectivity index (χ0n) is 13.2. The van der Waals surface area contributed by atoms with Gasteiger partial charge in [-0.25, -0.2) is 4.98 Å². The van der Waals surface area contributed by atoms with Gasteiger partial charge in [0.25, 0.3) is 0 Å². The summed E-state index contributed by atoms with van der Waals surface area (Å²) in [5.74, 6) is 6.81. The number of nitrogens with one attached hydrogen (secondary N) is 1. The Morgan fingerprint density at radius 2 is 1.77 bits per heavy atom. The van der Waals surface area contributed by atoms with Gasteiger partial charge in [0.1, 0.15) is 5.69 Å². The molecule has 0 fully saturated rings. The zero-order chi connectivity index (χ0) is 15.9. The van der Waals surface area contributed by atoms with Crippen molar-refractivity contribution in [3.05, 3.63) is 64.4 Å². The summed E-state index contributed by atoms with van der Waals surface area (Å²) in [6.07, 6.45) is 0. The van der Waals surface area contributed by atoms with E-state index in [2.05, 4.69) is 42.9 Å². The fourth-order valence-corrected chi connectivity index (χ4v) is 1.94. The van der Waals surface area contributed by atoms with Crippen molar-refractivity contribution < 1.29 is 0 Å². The van der Waals surface area contributed by atoms with Crippen LogP contribution in [0.2, 0.25) is 5.02 Å². The number of nitrogens with zero attached hydrogens (tertiary/aromatic N) is 1. The molecule has 1 aromatic carbocycles. The van der Waals surface area contributed by atoms with Crippen LogP contribution in [0.1, 0.15) is 37.7 Å². The minimum Gasteiger partial charge on any atom is -0.308 e. The third-order valence-corrected chi connectivity index (χ3v) is 3.84. The molecule has 3 heteroatoms. The van der Waals surface area contributed by atoms with Crippen LogP contribution in [0, 0.1) is 17.8 Å². The number of aromatic nitrogens is 1. The molecule has 2 nitrogen and oxygen atoms in total. The first-order valence-corrected chi connectivity index (χ1v) is 7.89. The van der Waals surface area contributed by atoms with E-state index in [9.17, 15) is 0 Å². The molecule has 0 spiro atoms. The maximum atomic E-state index is 5.86. The van der Waals surface area contributed by atoms with Crippen LogP contribution in [0.5, 0.6) is 0 Å². The summed E-state index contributed by atoms with van der Waals surface area (Å²) in [6, 6.07) is 13.9. The number of benzene rings is 1. The largest absolute Gasteiger partial charge is 0.308 e. The molecule has 114 valence electrons. The van der Waals surface area contributed by atoms with Gasteiger partial charge in [-0.2, -0.15) is 0 Å². The lowest BCUT2D eigenvalue weighted by molar-refractivity contribution is 0.424. The van der Waals surface area contributed by atoms with Crippen LogP contribution in [0.15, 0.2) is 42.5 Å². The van der Waals surface area contributed by atoms with E-state index in [1.54, 1.807) is 0 Å². The number of rotatable bonds is 4. The molecule has 2 aromatic rings. The molecule has 0 saturated carbocycles. The third kappa shape index (κ3) is 5.18. The van der Waals surface area contributed by atoms with Gasteiger partial charge in [-0.1, -0.05) is 37.4 Å². The van der Waals surface area contributed by atoms with Crippen LogP contribution in [-0.4, -0.2) is 11.0 Å². The summed E-state index contributed by atoms with van der Waals surface area (Å²) < 4.78 is 0. The molecule has 1 N–H and O–H groups in total. The highest BCUT2D eigenvalue weighted by Gasteiger charge is 2.06. The fourth-order valence-electron chi connectivity index (χ4n) is 1.82. The van der Waals surface area contributed by atoms with Gasteiger partial charge in [0.2, 0.25) is 0 Å². The van der Waals surface area contributed by atoms with Gasteiger partial charge < -0.3 is 5.32 Å². The van der Waals surface area contributed by atoms with E-state index in [1.165, 1.54) is 0 Å². The molecule has 0 aliphatic heterocycles. The highest BCUT2D eigenvalue weighted by atomic mass is 35.5. The SMILES string of the molecule is CC(C)[C@@H](C)NCc1cccc(C#Cc2ccc(Cl)cc2)n1. The Bertz CT molecular complexity index is 666. The average molecular weight is 313 g/mol. The van der Waals surface area contributed by atoms with Gasteiger partial charge >= 0.3 is 0 Å². The van der Waals surface area contributed by atoms with Crippen LogP contribution in [0.3, 0.4) is 0 Å². The molecule has 2 rings (SSSR count). The molecule has 0 amide bonds. The lowest BCUT2D eigenvalue weighted by Crippen LogP contribution is -2.30. The van der Waals surface area contributed by atoms with Crippen LogP contribution < -0.4 is 5.32 Å². The van der Waals surface area contributed by atoms with Crippen LogP contribution in [0.4, 0.5) is 0 Å². The van der Waals surface area contributed by atoms with Crippen molar-refractivity contribution >= 4 is 11.6 Å². The predicted molar refractivity (Wildman–Crippen MR) is 92.8 cm³/mol. The van der Waals surface area contributed by atoms with Crippen LogP contribution >= 0.6 is 11.6 Å². The van der Waals surface area contributed by atoms with Crippen molar-refractivity contribution in [3.63, 3.8) is 0 Å². The first kappa shape index (κ1) is 16.5. The summed E-state index contributed by atoms with van der Waals surface area (Å²) in [5.41, 5.74) is 2.73. The third-order valence-electron chi connectivity index (χ3n) is 3.59. The molecule has 0 aliphatic rings. The Labute approximate surface area is 137 Å². The first-order chi connectivity index (χ1) is 10.5. The molecule has 22 heavy (non-hydrogen) atoms. The molecular weight excluding hydrogens is 292 g/mol. The van der Waals surface area contributed by atoms with E-state index in [4.69, 9.17) is 11.6 Å². The number of hydrogen-bond donors (Lipinski definition) is 1. The summed E-state index contributed by atoms with van der Waals surface area (Å²) in [4.78, 5) is 4.57. The molecule has 0 aliphatic carbocycles. The Hall–Kier alpha value is -1.82. The molecular formula is C19H21ClN2. The van der Waals surface area contributed by atoms with E-state index >= 15 is 0 Å². The quantitative estimate of drug-likeness (QED) is 0.853. The highest BCUT2D eigenvalue weighted by Crippen LogP contribution is 2.08. The van der Waals surface area contributed by atoms with Gasteiger partial charge in [-0.05, 0) is 55.2 Å². The second kappa shape index (κ2) is 7.98. The summed E-state index contributed by atoms with van der Waals surface area (Å²) in [6.45, 7) is 7.36. The Balaban J connectivity index is 2.04. The van der Waals surface area contributed by atoms with Gasteiger partial charge in [0.05, 0.1) is 5.69 Å². The van der Waals surface area contributed by atoms with Gasteiger partial charge in [-0.3, -0.25) is 0 Å². The van der Waals surface area contributed by atoms with Gasteiger partial charge in [0.15, 0.2) is 0 Å². The molecule has 1 heterocycles. The standard InChI is InChI=1S/C19H21ClN2/c1-14(2)15(3)21-13-19-6-4-5-18(22-19)12-9-16-7-10-17(20)11-8-16/h4-8,10-11,14-15,21H,13H2,1-3H3/t15-/m1/s1. The monoisotopic (exact) mass is 312 g/mol. The molecule has 0 saturated heterocycles. The highest BCUT2D eigenvalue weighted by molar-refractivity contribution is 6.30. The Kier molecular flexibility index (Phi) is 6.00. The summed E-state index contributed by atoms with van der Waals surface area (Å²) >= 11 is 5.86. The smallest absolute Gasteiger partial charge is 0.113 e. The maximum Gasteiger partial charge on any atom is 0.113 e. The molecule has 0 bridgehead atoms. The van der Waals surface area contributed by atoms with Crippen molar-refractivity contribution in [3.8, 4) is 11.8 Å². The second-order valence-electron chi connectivity index (χ2n) is 5.68. The summed E-state index contributed by atoms with van der Waals surface area (Å²) in [5, 5.41) is 4.20. The minimum atomic E-state index is 0.464. The van der Waals surface area contributed by atoms with Gasteiger partial charge in [-0.15, -0.1) is 0 Å². The fraction of sp³-hybridized carbons (Fsp3) is 0.316. The van der Waals surface area contributed by atoms with Crippen LogP contribution in [-0.2, 0) is 6.54 Å². The van der Waals surface area contributed by atoms with Crippen LogP contribution in [0.25, 0.3) is 0 Å². The Morgan fingerprint density at radius 3 is 2.45 bits per heavy atom. The lowest BCUT2D eigenvalue weighted by atomic mass is 10.1. The van der Waals surface area contributed by atoms with Gasteiger partial charge in [0, 0.05) is 23.2 Å². The molecule has 1 aromatic heterocycles. The van der Waals surface area contributed by atoms with Crippen molar-refractivity contribution in [2.45, 2.75) is 33.4 Å². The minimum absolute atomic E-state index is 0.464. The number of hydrogen-bond acceptors (Lipinski definition) is 2. The maximum absolute atomic E-state index is 5.86. The predicted octanol–water partition coefficient (Wildman–Crippen LogP) is 4.27. The van der Waals surface area contributed by atoms with Crippen molar-refractivity contribution in [2.75, 3.05) is 0 Å². The topological polar surface area (TPSA) is 24.9 Å². The van der Waals surface area contributed by atoms with E-state index in [0.29, 0.717) is 12.0 Å². The van der Waals surface area contributed by atoms with E-state index in [1.807, 2.05) is 42.5 Å². The first-order valence-electron chi connectivity index (χ1n) is 7.51. The van der Waals surface area contributed by atoms with E-state index < -0.39 is 0 Å². The van der Waals surface area contributed by atoms with E-state index in [0.717, 1.165) is 28.5 Å². The molecule has 1 atom stereocenters. The van der Waals surface area contributed by atoms with Crippen molar-refractivity contribution in [2.24, 2.45) is 5.92 Å². The molecule has 0 unspecified atom stereocenters. The molecule has 0 radical (unpaired) electrons. The Morgan fingerprint density at radius 1 is 1.05 bits per heavy atom. The lowest BCUT2D eigenvalue weighted by Gasteiger charge is -2.16.